The zero-order valence-corrected chi connectivity index (χ0v) is 24.8. The van der Waals surface area contributed by atoms with E-state index in [1.54, 1.807) is 43.3 Å². The third kappa shape index (κ3) is 3.95. The first-order valence-electron chi connectivity index (χ1n) is 12.3. The number of alkyl halides is 2. The smallest absolute Gasteiger partial charge is 0.316 e. The van der Waals surface area contributed by atoms with Crippen molar-refractivity contribution < 1.29 is 23.9 Å². The summed E-state index contributed by atoms with van der Waals surface area (Å²) in [4.78, 5) is 55.4. The Bertz CT molecular complexity index is 1370. The van der Waals surface area contributed by atoms with Crippen molar-refractivity contribution in [3.8, 4) is 5.75 Å². The van der Waals surface area contributed by atoms with Gasteiger partial charge >= 0.3 is 5.97 Å². The average Bonchev–Trinajstić information content (AvgIpc) is 3.59. The molecule has 0 unspecified atom stereocenters. The number of esters is 1. The molecule has 7 atom stereocenters. The van der Waals surface area contributed by atoms with Crippen LogP contribution in [0.5, 0.6) is 5.75 Å². The van der Waals surface area contributed by atoms with E-state index in [1.165, 1.54) is 9.80 Å². The van der Waals surface area contributed by atoms with Crippen LogP contribution < -0.4 is 14.5 Å². The van der Waals surface area contributed by atoms with Gasteiger partial charge in [0.2, 0.25) is 17.7 Å². The number of anilines is 2. The van der Waals surface area contributed by atoms with E-state index < -0.39 is 11.9 Å². The second-order valence-electron chi connectivity index (χ2n) is 10.4. The van der Waals surface area contributed by atoms with E-state index in [0.29, 0.717) is 22.0 Å². The molecule has 2 aromatic carbocycles. The molecule has 2 aromatic rings. The third-order valence-electron chi connectivity index (χ3n) is 8.30. The molecule has 2 aliphatic heterocycles. The summed E-state index contributed by atoms with van der Waals surface area (Å²) in [5, 5.41) is 0.577. The van der Waals surface area contributed by atoms with E-state index in [-0.39, 0.29) is 74.8 Å². The Morgan fingerprint density at radius 1 is 0.974 bits per heavy atom. The highest BCUT2D eigenvalue weighted by molar-refractivity contribution is 9.12. The largest absolute Gasteiger partial charge is 0.426 e. The van der Waals surface area contributed by atoms with E-state index in [9.17, 15) is 19.2 Å². The van der Waals surface area contributed by atoms with Crippen LogP contribution in [0.15, 0.2) is 36.4 Å². The zero-order chi connectivity index (χ0) is 27.0. The monoisotopic (exact) mass is 682 g/mol. The fraction of sp³-hybridized carbons (Fsp3) is 0.407. The van der Waals surface area contributed by atoms with Crippen LogP contribution in [0, 0.1) is 36.5 Å². The molecule has 4 aliphatic rings. The van der Waals surface area contributed by atoms with Gasteiger partial charge in [-0.3, -0.25) is 19.2 Å². The molecule has 2 saturated heterocycles. The van der Waals surface area contributed by atoms with Crippen LogP contribution in [-0.4, -0.2) is 39.9 Å². The number of rotatable bonds is 4. The van der Waals surface area contributed by atoms with Crippen molar-refractivity contribution in [3.05, 3.63) is 52.0 Å². The van der Waals surface area contributed by atoms with Crippen LogP contribution in [0.25, 0.3) is 0 Å². The molecular formula is C27H22Br2Cl2N2O5. The number of nitrogens with zero attached hydrogens (tertiary/aromatic N) is 2. The molecular weight excluding hydrogens is 663 g/mol. The quantitative estimate of drug-likeness (QED) is 0.183. The summed E-state index contributed by atoms with van der Waals surface area (Å²) in [7, 11) is 0. The van der Waals surface area contributed by atoms with E-state index >= 15 is 0 Å². The van der Waals surface area contributed by atoms with Crippen LogP contribution in [0.1, 0.15) is 18.4 Å². The maximum absolute atomic E-state index is 13.4. The van der Waals surface area contributed by atoms with Crippen molar-refractivity contribution in [3.63, 3.8) is 0 Å². The summed E-state index contributed by atoms with van der Waals surface area (Å²) in [5.74, 6) is -1.86. The number of ether oxygens (including phenoxy) is 1. The average molecular weight is 685 g/mol. The highest BCUT2D eigenvalue weighted by Crippen LogP contribution is 2.60. The number of aryl methyl sites for hydroxylation is 1. The van der Waals surface area contributed by atoms with Crippen molar-refractivity contribution in [2.45, 2.75) is 29.4 Å². The maximum Gasteiger partial charge on any atom is 0.316 e. The molecule has 38 heavy (non-hydrogen) atoms. The van der Waals surface area contributed by atoms with Crippen molar-refractivity contribution in [2.24, 2.45) is 29.6 Å². The Labute approximate surface area is 246 Å². The van der Waals surface area contributed by atoms with Gasteiger partial charge in [0.1, 0.15) is 5.75 Å². The lowest BCUT2D eigenvalue weighted by Crippen LogP contribution is -2.37. The molecule has 0 N–H and O–H groups in total. The van der Waals surface area contributed by atoms with Crippen molar-refractivity contribution in [1.29, 1.82) is 0 Å². The summed E-state index contributed by atoms with van der Waals surface area (Å²) in [6, 6.07) is 9.86. The standard InChI is InChI=1S/C27H22Br2Cl2N2O5/c1-11-7-13(38-27(37)12-8-19(34)32(10-12)18-4-2-3-16(30)24(18)31)5-6-17(11)33-25(35)20-14-9-15(21(20)26(33)36)23(29)22(14)28/h2-7,12,14-15,20-23H,8-10H2,1H3/t12-,14-,15-,20-,21-,22+,23+/m1/s1. The minimum absolute atomic E-state index is 0.0102. The van der Waals surface area contributed by atoms with E-state index in [2.05, 4.69) is 31.9 Å². The first-order chi connectivity index (χ1) is 18.1. The third-order valence-corrected chi connectivity index (χ3v) is 12.3. The number of carbonyl (C=O) groups excluding carboxylic acids is 4. The lowest BCUT2D eigenvalue weighted by molar-refractivity contribution is -0.139. The highest BCUT2D eigenvalue weighted by atomic mass is 79.9. The number of amides is 3. The summed E-state index contributed by atoms with van der Waals surface area (Å²) < 4.78 is 5.61. The SMILES string of the molecule is Cc1cc(OC(=O)[C@@H]2CC(=O)N(c3cccc(Cl)c3Cl)C2)ccc1N1C(=O)[C@@H]2[C@H]3C[C@@H]([C@H](Br)[C@H]3Br)[C@H]2C1=O. The molecule has 7 nitrogen and oxygen atoms in total. The molecule has 2 bridgehead atoms. The Balaban J connectivity index is 1.17. The number of hydrogen-bond donors (Lipinski definition) is 0. The first-order valence-corrected chi connectivity index (χ1v) is 14.9. The van der Waals surface area contributed by atoms with Gasteiger partial charge < -0.3 is 9.64 Å². The van der Waals surface area contributed by atoms with Crippen molar-refractivity contribution >= 4 is 90.1 Å². The second-order valence-corrected chi connectivity index (χ2v) is 13.3. The summed E-state index contributed by atoms with van der Waals surface area (Å²) in [6.45, 7) is 1.90. The molecule has 2 aliphatic carbocycles. The van der Waals surface area contributed by atoms with Gasteiger partial charge in [-0.1, -0.05) is 61.1 Å². The molecule has 3 amide bonds. The van der Waals surface area contributed by atoms with Gasteiger partial charge in [0.05, 0.1) is 39.2 Å². The van der Waals surface area contributed by atoms with Gasteiger partial charge in [-0.2, -0.15) is 0 Å². The molecule has 2 heterocycles. The number of halogens is 4. The predicted octanol–water partition coefficient (Wildman–Crippen LogP) is 5.54. The topological polar surface area (TPSA) is 84.0 Å². The van der Waals surface area contributed by atoms with E-state index in [1.807, 2.05) is 0 Å². The minimum Gasteiger partial charge on any atom is -0.426 e. The van der Waals surface area contributed by atoms with Crippen LogP contribution in [0.3, 0.4) is 0 Å². The van der Waals surface area contributed by atoms with E-state index in [4.69, 9.17) is 27.9 Å². The van der Waals surface area contributed by atoms with Gasteiger partial charge in [-0.15, -0.1) is 0 Å². The normalized spacial score (nSPS) is 31.9. The van der Waals surface area contributed by atoms with Gasteiger partial charge in [0.15, 0.2) is 0 Å². The molecule has 0 spiro atoms. The van der Waals surface area contributed by atoms with Crippen LogP contribution >= 0.6 is 55.1 Å². The molecule has 0 aromatic heterocycles. The fourth-order valence-corrected chi connectivity index (χ4v) is 8.80. The Morgan fingerprint density at radius 3 is 2.26 bits per heavy atom. The summed E-state index contributed by atoms with van der Waals surface area (Å²) >= 11 is 19.8. The van der Waals surface area contributed by atoms with E-state index in [0.717, 1.165) is 6.42 Å². The lowest BCUT2D eigenvalue weighted by atomic mass is 9.81. The van der Waals surface area contributed by atoms with Gasteiger partial charge in [0, 0.05) is 22.6 Å². The number of benzene rings is 2. The summed E-state index contributed by atoms with van der Waals surface area (Å²) in [6.07, 6.45) is 0.856. The molecule has 4 fully saturated rings. The number of carbonyl (C=O) groups is 4. The Hall–Kier alpha value is -1.94. The molecule has 198 valence electrons. The van der Waals surface area contributed by atoms with Gasteiger partial charge in [0.25, 0.3) is 0 Å². The van der Waals surface area contributed by atoms with Crippen LogP contribution in [0.4, 0.5) is 11.4 Å². The van der Waals surface area contributed by atoms with Crippen molar-refractivity contribution in [1.82, 2.24) is 0 Å². The Kier molecular flexibility index (Phi) is 6.65. The number of hydrogen-bond acceptors (Lipinski definition) is 5. The first kappa shape index (κ1) is 26.3. The highest BCUT2D eigenvalue weighted by Gasteiger charge is 2.66. The van der Waals surface area contributed by atoms with Gasteiger partial charge in [-0.25, -0.2) is 4.90 Å². The lowest BCUT2D eigenvalue weighted by Gasteiger charge is -2.28. The van der Waals surface area contributed by atoms with Crippen LogP contribution in [0.2, 0.25) is 10.0 Å². The number of fused-ring (bicyclic) bond motifs is 5. The summed E-state index contributed by atoms with van der Waals surface area (Å²) in [5.41, 5.74) is 1.60. The molecule has 11 heteroatoms. The zero-order valence-electron chi connectivity index (χ0n) is 20.1. The molecule has 0 radical (unpaired) electrons. The predicted molar refractivity (Wildman–Crippen MR) is 150 cm³/mol. The Morgan fingerprint density at radius 2 is 1.63 bits per heavy atom. The van der Waals surface area contributed by atoms with Crippen LogP contribution in [-0.2, 0) is 19.2 Å². The van der Waals surface area contributed by atoms with Gasteiger partial charge in [-0.05, 0) is 61.1 Å². The molecule has 6 rings (SSSR count). The fourth-order valence-electron chi connectivity index (χ4n) is 6.53. The molecule has 2 saturated carbocycles. The maximum atomic E-state index is 13.4. The number of imide groups is 1. The second kappa shape index (κ2) is 9.61. The van der Waals surface area contributed by atoms with Crippen molar-refractivity contribution in [2.75, 3.05) is 16.3 Å². The minimum atomic E-state index is -0.677.